The smallest absolute Gasteiger partial charge is 0.137 e. The van der Waals surface area contributed by atoms with Gasteiger partial charge in [-0.15, -0.1) is 12.4 Å². The molecule has 0 saturated heterocycles. The molecular formula is C12H17Cl2NO. The van der Waals surface area contributed by atoms with E-state index in [4.69, 9.17) is 22.1 Å². The fourth-order valence-electron chi connectivity index (χ4n) is 1.95. The van der Waals surface area contributed by atoms with Gasteiger partial charge in [0.05, 0.1) is 12.1 Å². The normalized spacial score (nSPS) is 17.2. The predicted octanol–water partition coefficient (Wildman–Crippen LogP) is 3.57. The molecule has 0 amide bonds. The molecule has 0 heterocycles. The molecular weight excluding hydrogens is 245 g/mol. The summed E-state index contributed by atoms with van der Waals surface area (Å²) in [5.41, 5.74) is 7.30. The topological polar surface area (TPSA) is 35.2 Å². The van der Waals surface area contributed by atoms with Crippen LogP contribution >= 0.6 is 24.0 Å². The molecule has 2 nitrogen and oxygen atoms in total. The van der Waals surface area contributed by atoms with Crippen molar-refractivity contribution >= 4 is 24.0 Å². The number of hydrogen-bond donors (Lipinski definition) is 1. The molecule has 0 unspecified atom stereocenters. The fourth-order valence-corrected chi connectivity index (χ4v) is 2.15. The predicted molar refractivity (Wildman–Crippen MR) is 69.5 cm³/mol. The van der Waals surface area contributed by atoms with E-state index in [0.717, 1.165) is 5.56 Å². The zero-order valence-corrected chi connectivity index (χ0v) is 10.9. The van der Waals surface area contributed by atoms with E-state index in [0.29, 0.717) is 16.7 Å². The van der Waals surface area contributed by atoms with E-state index in [-0.39, 0.29) is 18.4 Å². The van der Waals surface area contributed by atoms with E-state index in [1.165, 1.54) is 19.3 Å². The number of methoxy groups -OCH3 is 1. The third kappa shape index (κ3) is 2.62. The maximum absolute atomic E-state index is 6.18. The highest BCUT2D eigenvalue weighted by atomic mass is 35.5. The molecule has 1 fully saturated rings. The highest BCUT2D eigenvalue weighted by Gasteiger charge is 2.25. The van der Waals surface area contributed by atoms with Crippen LogP contribution in [0.15, 0.2) is 18.2 Å². The monoisotopic (exact) mass is 261 g/mol. The standard InChI is InChI=1S/C12H16ClNO.ClH/c1-15-11-7-9(5-6-10(11)13)12(14)8-3-2-4-8;/h5-8,12H,2-4,14H2,1H3;1H/t12-;/m0./s1. The molecule has 90 valence electrons. The summed E-state index contributed by atoms with van der Waals surface area (Å²) in [6, 6.07) is 5.93. The van der Waals surface area contributed by atoms with Crippen LogP contribution < -0.4 is 10.5 Å². The average molecular weight is 262 g/mol. The summed E-state index contributed by atoms with van der Waals surface area (Å²) in [5.74, 6) is 1.35. The molecule has 2 N–H and O–H groups in total. The molecule has 2 rings (SSSR count). The minimum atomic E-state index is 0. The highest BCUT2D eigenvalue weighted by Crippen LogP contribution is 2.38. The number of benzene rings is 1. The van der Waals surface area contributed by atoms with Crippen molar-refractivity contribution in [2.45, 2.75) is 25.3 Å². The van der Waals surface area contributed by atoms with Crippen molar-refractivity contribution in [2.75, 3.05) is 7.11 Å². The Bertz CT molecular complexity index is 353. The third-order valence-electron chi connectivity index (χ3n) is 3.22. The number of hydrogen-bond acceptors (Lipinski definition) is 2. The van der Waals surface area contributed by atoms with E-state index in [1.807, 2.05) is 18.2 Å². The maximum Gasteiger partial charge on any atom is 0.137 e. The first-order valence-corrected chi connectivity index (χ1v) is 5.69. The molecule has 16 heavy (non-hydrogen) atoms. The van der Waals surface area contributed by atoms with Crippen LogP contribution in [0.4, 0.5) is 0 Å². The Hall–Kier alpha value is -0.440. The fraction of sp³-hybridized carbons (Fsp3) is 0.500. The van der Waals surface area contributed by atoms with Gasteiger partial charge >= 0.3 is 0 Å². The number of halogens is 2. The van der Waals surface area contributed by atoms with Crippen molar-refractivity contribution in [2.24, 2.45) is 11.7 Å². The molecule has 0 spiro atoms. The third-order valence-corrected chi connectivity index (χ3v) is 3.53. The molecule has 0 aliphatic heterocycles. The minimum Gasteiger partial charge on any atom is -0.495 e. The van der Waals surface area contributed by atoms with Gasteiger partial charge in [-0.3, -0.25) is 0 Å². The van der Waals surface area contributed by atoms with Crippen molar-refractivity contribution in [1.29, 1.82) is 0 Å². The van der Waals surface area contributed by atoms with E-state index in [9.17, 15) is 0 Å². The van der Waals surface area contributed by atoms with Crippen LogP contribution in [0.5, 0.6) is 5.75 Å². The maximum atomic E-state index is 6.18. The summed E-state index contributed by atoms with van der Waals surface area (Å²) in [6.07, 6.45) is 3.79. The molecule has 0 aromatic heterocycles. The first-order valence-electron chi connectivity index (χ1n) is 5.31. The van der Waals surface area contributed by atoms with Gasteiger partial charge < -0.3 is 10.5 Å². The lowest BCUT2D eigenvalue weighted by Crippen LogP contribution is -2.26. The molecule has 1 saturated carbocycles. The Morgan fingerprint density at radius 2 is 2.12 bits per heavy atom. The zero-order valence-electron chi connectivity index (χ0n) is 9.28. The van der Waals surface area contributed by atoms with E-state index < -0.39 is 0 Å². The first-order chi connectivity index (χ1) is 7.22. The highest BCUT2D eigenvalue weighted by molar-refractivity contribution is 6.32. The molecule has 1 aliphatic rings. The summed E-state index contributed by atoms with van der Waals surface area (Å²) in [4.78, 5) is 0. The van der Waals surface area contributed by atoms with Gasteiger partial charge in [-0.1, -0.05) is 24.1 Å². The van der Waals surface area contributed by atoms with Crippen LogP contribution in [0.3, 0.4) is 0 Å². The molecule has 1 aromatic rings. The molecule has 0 radical (unpaired) electrons. The summed E-state index contributed by atoms with van der Waals surface area (Å²) >= 11 is 5.96. The first kappa shape index (κ1) is 13.6. The molecule has 4 heteroatoms. The van der Waals surface area contributed by atoms with Crippen LogP contribution in [-0.4, -0.2) is 7.11 Å². The Morgan fingerprint density at radius 3 is 2.62 bits per heavy atom. The number of rotatable bonds is 3. The largest absolute Gasteiger partial charge is 0.495 e. The van der Waals surface area contributed by atoms with Crippen LogP contribution in [-0.2, 0) is 0 Å². The van der Waals surface area contributed by atoms with Crippen LogP contribution in [0.25, 0.3) is 0 Å². The number of nitrogens with two attached hydrogens (primary N) is 1. The van der Waals surface area contributed by atoms with E-state index in [2.05, 4.69) is 0 Å². The van der Waals surface area contributed by atoms with Crippen molar-refractivity contribution in [3.63, 3.8) is 0 Å². The second-order valence-electron chi connectivity index (χ2n) is 4.11. The second kappa shape index (κ2) is 5.76. The van der Waals surface area contributed by atoms with Gasteiger partial charge in [0.15, 0.2) is 0 Å². The summed E-state index contributed by atoms with van der Waals surface area (Å²) in [6.45, 7) is 0. The minimum absolute atomic E-state index is 0. The lowest BCUT2D eigenvalue weighted by Gasteiger charge is -2.31. The SMILES string of the molecule is COc1cc([C@@H](N)C2CCC2)ccc1Cl.Cl. The Labute approximate surface area is 108 Å². The Balaban J connectivity index is 0.00000128. The lowest BCUT2D eigenvalue weighted by molar-refractivity contribution is 0.264. The number of ether oxygens (including phenoxy) is 1. The average Bonchev–Trinajstić information content (AvgIpc) is 2.15. The molecule has 1 aliphatic carbocycles. The van der Waals surface area contributed by atoms with Gasteiger partial charge in [0.25, 0.3) is 0 Å². The van der Waals surface area contributed by atoms with Gasteiger partial charge in [-0.05, 0) is 36.5 Å². The van der Waals surface area contributed by atoms with E-state index in [1.54, 1.807) is 7.11 Å². The van der Waals surface area contributed by atoms with Crippen LogP contribution in [0.1, 0.15) is 30.9 Å². The Kier molecular flexibility index (Phi) is 4.90. The van der Waals surface area contributed by atoms with Crippen LogP contribution in [0, 0.1) is 5.92 Å². The van der Waals surface area contributed by atoms with Gasteiger partial charge in [0.1, 0.15) is 5.75 Å². The van der Waals surface area contributed by atoms with Gasteiger partial charge in [-0.2, -0.15) is 0 Å². The van der Waals surface area contributed by atoms with Gasteiger partial charge in [0.2, 0.25) is 0 Å². The van der Waals surface area contributed by atoms with Gasteiger partial charge in [0, 0.05) is 6.04 Å². The van der Waals surface area contributed by atoms with Crippen molar-refractivity contribution in [3.8, 4) is 5.75 Å². The summed E-state index contributed by atoms with van der Waals surface area (Å²) < 4.78 is 5.18. The summed E-state index contributed by atoms with van der Waals surface area (Å²) in [7, 11) is 1.62. The summed E-state index contributed by atoms with van der Waals surface area (Å²) in [5, 5.41) is 0.641. The van der Waals surface area contributed by atoms with Crippen LogP contribution in [0.2, 0.25) is 5.02 Å². The lowest BCUT2D eigenvalue weighted by atomic mass is 9.77. The molecule has 1 aromatic carbocycles. The molecule has 1 atom stereocenters. The molecule has 0 bridgehead atoms. The quantitative estimate of drug-likeness (QED) is 0.903. The van der Waals surface area contributed by atoms with Gasteiger partial charge in [-0.25, -0.2) is 0 Å². The van der Waals surface area contributed by atoms with Crippen molar-refractivity contribution in [3.05, 3.63) is 28.8 Å². The van der Waals surface area contributed by atoms with Crippen molar-refractivity contribution in [1.82, 2.24) is 0 Å². The zero-order chi connectivity index (χ0) is 10.8. The second-order valence-corrected chi connectivity index (χ2v) is 4.52. The Morgan fingerprint density at radius 1 is 1.44 bits per heavy atom. The van der Waals surface area contributed by atoms with Crippen molar-refractivity contribution < 1.29 is 4.74 Å². The van der Waals surface area contributed by atoms with E-state index >= 15 is 0 Å².